The average molecular weight is 761 g/mol. The van der Waals surface area contributed by atoms with Crippen LogP contribution in [0.15, 0.2) is 41.8 Å². The van der Waals surface area contributed by atoms with E-state index in [1.807, 2.05) is 34.6 Å². The molecule has 0 aromatic heterocycles. The van der Waals surface area contributed by atoms with Gasteiger partial charge in [0, 0.05) is 32.7 Å². The number of sulfonamides is 1. The van der Waals surface area contributed by atoms with Crippen LogP contribution in [0.4, 0.5) is 9.18 Å². The summed E-state index contributed by atoms with van der Waals surface area (Å²) >= 11 is 0. The highest BCUT2D eigenvalue weighted by Gasteiger charge is 2.70. The van der Waals surface area contributed by atoms with Gasteiger partial charge in [0.25, 0.3) is 5.91 Å². The van der Waals surface area contributed by atoms with Crippen LogP contribution in [-0.2, 0) is 29.2 Å². The number of rotatable bonds is 15. The fraction of sp³-hybridized carbons (Fsp3) is 0.658. The van der Waals surface area contributed by atoms with Crippen molar-refractivity contribution in [2.24, 2.45) is 34.0 Å². The fourth-order valence-corrected chi connectivity index (χ4v) is 8.41. The number of piperidine rings is 1. The second-order valence-corrected chi connectivity index (χ2v) is 19.6. The van der Waals surface area contributed by atoms with Gasteiger partial charge in [-0.05, 0) is 64.7 Å². The number of likely N-dealkylation sites (tertiary alicyclic amines) is 1. The number of benzene rings is 1. The molecule has 2 saturated carbocycles. The predicted octanol–water partition coefficient (Wildman–Crippen LogP) is 3.21. The third-order valence-corrected chi connectivity index (χ3v) is 12.8. The van der Waals surface area contributed by atoms with Crippen LogP contribution in [0.2, 0.25) is 0 Å². The maximum absolute atomic E-state index is 14.5. The first-order valence-corrected chi connectivity index (χ1v) is 19.7. The van der Waals surface area contributed by atoms with Crippen molar-refractivity contribution in [1.82, 2.24) is 30.5 Å². The monoisotopic (exact) mass is 760 g/mol. The summed E-state index contributed by atoms with van der Waals surface area (Å²) in [6.45, 7) is 18.8. The minimum absolute atomic E-state index is 0.0222. The Kier molecular flexibility index (Phi) is 12.2. The summed E-state index contributed by atoms with van der Waals surface area (Å²) in [6, 6.07) is 0.00713. The number of halogens is 1. The van der Waals surface area contributed by atoms with E-state index in [1.54, 1.807) is 20.8 Å². The van der Waals surface area contributed by atoms with Crippen LogP contribution in [0.5, 0.6) is 0 Å². The van der Waals surface area contributed by atoms with Crippen molar-refractivity contribution in [2.45, 2.75) is 104 Å². The molecule has 2 aliphatic carbocycles. The van der Waals surface area contributed by atoms with Crippen LogP contribution in [0.25, 0.3) is 0 Å². The van der Waals surface area contributed by atoms with Crippen LogP contribution >= 0.6 is 0 Å². The molecule has 4 rings (SSSR count). The Morgan fingerprint density at radius 2 is 1.60 bits per heavy atom. The molecule has 4 N–H and O–H groups in total. The van der Waals surface area contributed by atoms with Crippen molar-refractivity contribution >= 4 is 39.6 Å². The molecule has 3 aliphatic rings. The van der Waals surface area contributed by atoms with Crippen LogP contribution in [0, 0.1) is 39.8 Å². The van der Waals surface area contributed by atoms with E-state index in [-0.39, 0.29) is 47.7 Å². The maximum Gasteiger partial charge on any atom is 0.315 e. The van der Waals surface area contributed by atoms with Crippen LogP contribution in [0.1, 0.15) is 74.7 Å². The topological polar surface area (TPSA) is 174 Å². The molecule has 1 aromatic rings. The van der Waals surface area contributed by atoms with E-state index in [0.717, 1.165) is 29.3 Å². The Morgan fingerprint density at radius 1 is 1.00 bits per heavy atom. The summed E-state index contributed by atoms with van der Waals surface area (Å²) in [5, 5.41) is 11.0. The highest BCUT2D eigenvalue weighted by Crippen LogP contribution is 2.65. The van der Waals surface area contributed by atoms with E-state index in [9.17, 15) is 36.8 Å². The molecule has 0 bridgehead atoms. The molecule has 53 heavy (non-hydrogen) atoms. The molecule has 1 heterocycles. The first-order valence-electron chi connectivity index (χ1n) is 18.2. The molecule has 1 aromatic carbocycles. The summed E-state index contributed by atoms with van der Waals surface area (Å²) in [4.78, 5) is 69.5. The molecular formula is C38H57FN6O7S. The number of hydrogen-bond donors (Lipinski definition) is 4. The Balaban J connectivity index is 1.52. The number of carbonyl (C=O) groups is 5. The molecule has 3 fully saturated rings. The second kappa shape index (κ2) is 15.5. The van der Waals surface area contributed by atoms with Gasteiger partial charge < -0.3 is 26.2 Å². The van der Waals surface area contributed by atoms with Gasteiger partial charge in [0.2, 0.25) is 27.6 Å². The van der Waals surface area contributed by atoms with Crippen molar-refractivity contribution in [2.75, 3.05) is 26.7 Å². The number of nitrogens with one attached hydrogen (secondary N) is 4. The van der Waals surface area contributed by atoms with E-state index in [1.165, 1.54) is 30.2 Å². The molecular weight excluding hydrogens is 704 g/mol. The lowest BCUT2D eigenvalue weighted by Crippen LogP contribution is -2.62. The molecule has 13 nitrogen and oxygen atoms in total. The highest BCUT2D eigenvalue weighted by atomic mass is 32.2. The Morgan fingerprint density at radius 3 is 2.13 bits per heavy atom. The Bertz CT molecular complexity index is 1700. The largest absolute Gasteiger partial charge is 0.346 e. The van der Waals surface area contributed by atoms with Gasteiger partial charge in [0.05, 0.1) is 10.9 Å². The van der Waals surface area contributed by atoms with E-state index >= 15 is 0 Å². The smallest absolute Gasteiger partial charge is 0.315 e. The Labute approximate surface area is 313 Å². The van der Waals surface area contributed by atoms with Gasteiger partial charge in [-0.2, -0.15) is 4.31 Å². The SMILES string of the molecule is C=CCNC(=O)C(=O)C(CC1CC1)NC(=O)[C@@H]1[C@@H]2[C@H](CN1C(=O)[C@@H](NC(=O)N[C@H](CN(C)S(=O)(=O)c1ccc(F)cc1)C(C)(C)C)C(C)(C)C)C2(C)C. The quantitative estimate of drug-likeness (QED) is 0.157. The summed E-state index contributed by atoms with van der Waals surface area (Å²) < 4.78 is 41.2. The summed E-state index contributed by atoms with van der Waals surface area (Å²) in [5.74, 6) is -3.05. The minimum atomic E-state index is -4.02. The lowest BCUT2D eigenvalue weighted by molar-refractivity contribution is -0.145. The molecule has 15 heteroatoms. The molecule has 294 valence electrons. The third-order valence-electron chi connectivity index (χ3n) is 11.0. The van der Waals surface area contributed by atoms with Crippen LogP contribution in [-0.4, -0.2) is 98.0 Å². The van der Waals surface area contributed by atoms with Gasteiger partial charge in [-0.15, -0.1) is 6.58 Å². The van der Waals surface area contributed by atoms with E-state index in [4.69, 9.17) is 0 Å². The van der Waals surface area contributed by atoms with Gasteiger partial charge in [-0.3, -0.25) is 19.2 Å². The number of ketones is 1. The van der Waals surface area contributed by atoms with Gasteiger partial charge >= 0.3 is 6.03 Å². The van der Waals surface area contributed by atoms with Crippen LogP contribution < -0.4 is 21.3 Å². The zero-order valence-electron chi connectivity index (χ0n) is 32.4. The standard InChI is InChI=1S/C38H57FN6O7S/c1-11-18-40-33(48)30(46)26(19-22-12-13-22)41-32(47)29-28-25(38(28,8)9)20-45(29)34(49)31(37(5,6)7)43-35(50)42-27(36(2,3)4)21-44(10)53(51,52)24-16-14-23(39)15-17-24/h11,14-17,22,25-29,31H,1,12-13,18-21H2,2-10H3,(H,40,48)(H,41,47)(H2,42,43,50)/t25-,26?,27+,28-,29-,31+/m0/s1. The average Bonchev–Trinajstić information content (AvgIpc) is 3.91. The maximum atomic E-state index is 14.5. The number of carbonyl (C=O) groups excluding carboxylic acids is 5. The van der Waals surface area contributed by atoms with Crippen molar-refractivity contribution < 1.29 is 36.8 Å². The molecule has 1 saturated heterocycles. The predicted molar refractivity (Wildman–Crippen MR) is 198 cm³/mol. The first-order chi connectivity index (χ1) is 24.4. The van der Waals surface area contributed by atoms with Crippen molar-refractivity contribution in [3.05, 3.63) is 42.7 Å². The number of urea groups is 1. The normalized spacial score (nSPS) is 22.5. The Hall–Kier alpha value is -3.85. The first kappa shape index (κ1) is 41.9. The minimum Gasteiger partial charge on any atom is -0.346 e. The highest BCUT2D eigenvalue weighted by molar-refractivity contribution is 7.89. The van der Waals surface area contributed by atoms with Crippen molar-refractivity contribution in [1.29, 1.82) is 0 Å². The number of fused-ring (bicyclic) bond motifs is 1. The van der Waals surface area contributed by atoms with Crippen molar-refractivity contribution in [3.63, 3.8) is 0 Å². The molecule has 5 amide bonds. The molecule has 1 aliphatic heterocycles. The molecule has 1 unspecified atom stereocenters. The van der Waals surface area contributed by atoms with Gasteiger partial charge in [-0.1, -0.05) is 74.3 Å². The van der Waals surface area contributed by atoms with E-state index in [0.29, 0.717) is 6.42 Å². The van der Waals surface area contributed by atoms with Gasteiger partial charge in [-0.25, -0.2) is 17.6 Å². The second-order valence-electron chi connectivity index (χ2n) is 17.6. The summed E-state index contributed by atoms with van der Waals surface area (Å²) in [5.41, 5.74) is -1.68. The molecule has 6 atom stereocenters. The summed E-state index contributed by atoms with van der Waals surface area (Å²) in [7, 11) is -2.65. The lowest BCUT2D eigenvalue weighted by atomic mass is 9.85. The summed E-state index contributed by atoms with van der Waals surface area (Å²) in [6.07, 6.45) is 3.58. The number of likely N-dealkylation sites (N-methyl/N-ethyl adjacent to an activating group) is 1. The van der Waals surface area contributed by atoms with E-state index < -0.39 is 80.4 Å². The zero-order chi connectivity index (χ0) is 39.8. The van der Waals surface area contributed by atoms with Crippen LogP contribution in [0.3, 0.4) is 0 Å². The number of Topliss-reactive ketones (excluding diaryl/α,β-unsaturated/α-hetero) is 1. The molecule has 0 spiro atoms. The number of nitrogens with zero attached hydrogens (tertiary/aromatic N) is 2. The fourth-order valence-electron chi connectivity index (χ4n) is 7.22. The van der Waals surface area contributed by atoms with Crippen molar-refractivity contribution in [3.8, 4) is 0 Å². The van der Waals surface area contributed by atoms with Gasteiger partial charge in [0.15, 0.2) is 0 Å². The third kappa shape index (κ3) is 9.64. The zero-order valence-corrected chi connectivity index (χ0v) is 33.2. The van der Waals surface area contributed by atoms with Gasteiger partial charge in [0.1, 0.15) is 17.9 Å². The number of hydrogen-bond acceptors (Lipinski definition) is 7. The molecule has 0 radical (unpaired) electrons. The number of amides is 5. The lowest BCUT2D eigenvalue weighted by Gasteiger charge is -2.39. The van der Waals surface area contributed by atoms with E-state index in [2.05, 4.69) is 27.8 Å².